The van der Waals surface area contributed by atoms with Crippen LogP contribution in [-0.4, -0.2) is 41.7 Å². The molecule has 4 rings (SSSR count). The van der Waals surface area contributed by atoms with Crippen LogP contribution in [0.2, 0.25) is 0 Å². The normalized spacial score (nSPS) is 15.2. The molecule has 8 nitrogen and oxygen atoms in total. The van der Waals surface area contributed by atoms with E-state index >= 15 is 0 Å². The minimum Gasteiger partial charge on any atom is -0.458 e. The fourth-order valence-electron chi connectivity index (χ4n) is 4.15. The van der Waals surface area contributed by atoms with Gasteiger partial charge in [-0.05, 0) is 55.5 Å². The zero-order chi connectivity index (χ0) is 24.1. The van der Waals surface area contributed by atoms with Crippen LogP contribution in [0.3, 0.4) is 0 Å². The van der Waals surface area contributed by atoms with Crippen molar-refractivity contribution < 1.29 is 17.9 Å². The summed E-state index contributed by atoms with van der Waals surface area (Å²) < 4.78 is 32.6. The third-order valence-electron chi connectivity index (χ3n) is 6.10. The number of sulfonamides is 1. The topological polar surface area (TPSA) is 109 Å². The van der Waals surface area contributed by atoms with Crippen LogP contribution in [0.1, 0.15) is 49.1 Å². The van der Waals surface area contributed by atoms with Gasteiger partial charge in [0, 0.05) is 19.5 Å². The molecule has 1 aliphatic heterocycles. The summed E-state index contributed by atoms with van der Waals surface area (Å²) in [6.07, 6.45) is 4.46. The second-order valence-corrected chi connectivity index (χ2v) is 10.5. The number of benzene rings is 2. The van der Waals surface area contributed by atoms with Crippen molar-refractivity contribution in [1.82, 2.24) is 14.3 Å². The van der Waals surface area contributed by atoms with Crippen LogP contribution in [-0.2, 0) is 32.6 Å². The highest BCUT2D eigenvalue weighted by molar-refractivity contribution is 7.89. The molecule has 1 N–H and O–H groups in total. The number of aryl methyl sites for hydroxylation is 2. The highest BCUT2D eigenvalue weighted by Gasteiger charge is 2.24. The van der Waals surface area contributed by atoms with E-state index in [9.17, 15) is 18.0 Å². The number of aromatic nitrogens is 2. The molecule has 0 unspecified atom stereocenters. The van der Waals surface area contributed by atoms with E-state index in [4.69, 9.17) is 4.74 Å². The Morgan fingerprint density at radius 2 is 1.76 bits per heavy atom. The summed E-state index contributed by atoms with van der Waals surface area (Å²) in [5, 5.41) is 0.497. The number of hydrogen-bond donors (Lipinski definition) is 1. The number of nitrogens with zero attached hydrogens (tertiary/aromatic N) is 2. The summed E-state index contributed by atoms with van der Waals surface area (Å²) in [6, 6.07) is 12.1. The van der Waals surface area contributed by atoms with Gasteiger partial charge >= 0.3 is 5.97 Å². The number of nitrogens with one attached hydrogen (secondary N) is 1. The summed E-state index contributed by atoms with van der Waals surface area (Å²) in [5.74, 6) is -0.128. The molecule has 0 radical (unpaired) electrons. The number of fused-ring (bicyclic) bond motifs is 1. The van der Waals surface area contributed by atoms with Gasteiger partial charge in [0.05, 0.1) is 15.8 Å². The quantitative estimate of drug-likeness (QED) is 0.516. The van der Waals surface area contributed by atoms with E-state index in [0.29, 0.717) is 36.2 Å². The van der Waals surface area contributed by atoms with Crippen molar-refractivity contribution in [3.05, 3.63) is 69.8 Å². The highest BCUT2D eigenvalue weighted by atomic mass is 32.2. The van der Waals surface area contributed by atoms with E-state index in [2.05, 4.69) is 9.97 Å². The van der Waals surface area contributed by atoms with Crippen molar-refractivity contribution in [2.75, 3.05) is 13.1 Å². The van der Waals surface area contributed by atoms with E-state index in [0.717, 1.165) is 36.8 Å². The highest BCUT2D eigenvalue weighted by Crippen LogP contribution is 2.21. The summed E-state index contributed by atoms with van der Waals surface area (Å²) >= 11 is 0. The number of ether oxygens (including phenoxy) is 1. The van der Waals surface area contributed by atoms with Gasteiger partial charge in [-0.15, -0.1) is 0 Å². The average molecular weight is 484 g/mol. The second kappa shape index (κ2) is 10.5. The van der Waals surface area contributed by atoms with Crippen LogP contribution in [0.5, 0.6) is 0 Å². The minimum absolute atomic E-state index is 0.120. The van der Waals surface area contributed by atoms with Crippen molar-refractivity contribution in [1.29, 1.82) is 0 Å². The lowest BCUT2D eigenvalue weighted by molar-refractivity contribution is -0.145. The van der Waals surface area contributed by atoms with E-state index in [1.54, 1.807) is 40.7 Å². The Balaban J connectivity index is 1.32. The summed E-state index contributed by atoms with van der Waals surface area (Å²) in [5.41, 5.74) is 2.04. The number of H-pyrrole nitrogens is 1. The second-order valence-electron chi connectivity index (χ2n) is 8.61. The predicted octanol–water partition coefficient (Wildman–Crippen LogP) is 3.47. The van der Waals surface area contributed by atoms with Gasteiger partial charge in [0.15, 0.2) is 0 Å². The Bertz CT molecular complexity index is 1320. The zero-order valence-corrected chi connectivity index (χ0v) is 20.1. The molecular formula is C25H29N3O5S. The SMILES string of the molecule is Cc1cccc2c(=O)[nH]c(COC(=O)CCc3ccc(S(=O)(=O)N4CCCCCC4)cc3)nc12. The molecule has 34 heavy (non-hydrogen) atoms. The van der Waals surface area contributed by atoms with Gasteiger partial charge < -0.3 is 9.72 Å². The molecule has 3 aromatic rings. The van der Waals surface area contributed by atoms with E-state index in [1.165, 1.54) is 0 Å². The van der Waals surface area contributed by atoms with Crippen LogP contribution >= 0.6 is 0 Å². The minimum atomic E-state index is -3.49. The fourth-order valence-corrected chi connectivity index (χ4v) is 5.66. The van der Waals surface area contributed by atoms with Crippen molar-refractivity contribution in [2.24, 2.45) is 0 Å². The molecule has 0 aliphatic carbocycles. The zero-order valence-electron chi connectivity index (χ0n) is 19.2. The van der Waals surface area contributed by atoms with Gasteiger partial charge in [-0.25, -0.2) is 13.4 Å². The molecule has 1 aromatic heterocycles. The van der Waals surface area contributed by atoms with Crippen molar-refractivity contribution in [3.8, 4) is 0 Å². The average Bonchev–Trinajstić information content (AvgIpc) is 3.13. The molecule has 2 heterocycles. The standard InChI is InChI=1S/C25H29N3O5S/c1-18-7-6-8-21-24(18)26-22(27-25(21)30)17-33-23(29)14-11-19-9-12-20(13-10-19)34(31,32)28-15-4-2-3-5-16-28/h6-10,12-13H,2-5,11,14-17H2,1H3,(H,26,27,30). The fraction of sp³-hybridized carbons (Fsp3) is 0.400. The van der Waals surface area contributed by atoms with Crippen molar-refractivity contribution >= 4 is 26.9 Å². The van der Waals surface area contributed by atoms with Crippen molar-refractivity contribution in [3.63, 3.8) is 0 Å². The molecule has 1 saturated heterocycles. The van der Waals surface area contributed by atoms with Crippen molar-refractivity contribution in [2.45, 2.75) is 57.0 Å². The van der Waals surface area contributed by atoms with Gasteiger partial charge in [-0.3, -0.25) is 9.59 Å². The van der Waals surface area contributed by atoms with Gasteiger partial charge in [0.1, 0.15) is 12.4 Å². The van der Waals surface area contributed by atoms with E-state index < -0.39 is 16.0 Å². The molecule has 0 amide bonds. The number of carbonyl (C=O) groups is 1. The number of hydrogen-bond acceptors (Lipinski definition) is 6. The maximum Gasteiger partial charge on any atom is 0.306 e. The Morgan fingerprint density at radius 1 is 1.06 bits per heavy atom. The monoisotopic (exact) mass is 483 g/mol. The first-order chi connectivity index (χ1) is 16.3. The predicted molar refractivity (Wildman–Crippen MR) is 129 cm³/mol. The number of carbonyl (C=O) groups excluding carboxylic acids is 1. The molecule has 2 aromatic carbocycles. The smallest absolute Gasteiger partial charge is 0.306 e. The molecule has 1 aliphatic rings. The van der Waals surface area contributed by atoms with Gasteiger partial charge in [0.25, 0.3) is 5.56 Å². The maximum absolute atomic E-state index is 12.9. The third-order valence-corrected chi connectivity index (χ3v) is 8.01. The lowest BCUT2D eigenvalue weighted by Crippen LogP contribution is -2.31. The molecule has 9 heteroatoms. The Hall–Kier alpha value is -3.04. The van der Waals surface area contributed by atoms with Gasteiger partial charge in [0.2, 0.25) is 10.0 Å². The number of aromatic amines is 1. The van der Waals surface area contributed by atoms with Crippen LogP contribution in [0.15, 0.2) is 52.2 Å². The van der Waals surface area contributed by atoms with Gasteiger partial charge in [-0.2, -0.15) is 4.31 Å². The molecule has 0 bridgehead atoms. The number of para-hydroxylation sites is 1. The first-order valence-electron chi connectivity index (χ1n) is 11.6. The molecular weight excluding hydrogens is 454 g/mol. The van der Waals surface area contributed by atoms with E-state index in [-0.39, 0.29) is 23.5 Å². The summed E-state index contributed by atoms with van der Waals surface area (Å²) in [7, 11) is -3.49. The number of esters is 1. The largest absolute Gasteiger partial charge is 0.458 e. The van der Waals surface area contributed by atoms with Crippen LogP contribution < -0.4 is 5.56 Å². The molecule has 0 atom stereocenters. The summed E-state index contributed by atoms with van der Waals surface area (Å²) in [4.78, 5) is 31.8. The van der Waals surface area contributed by atoms with Crippen LogP contribution in [0.4, 0.5) is 0 Å². The van der Waals surface area contributed by atoms with Crippen LogP contribution in [0.25, 0.3) is 10.9 Å². The molecule has 1 fully saturated rings. The molecule has 0 spiro atoms. The first kappa shape index (κ1) is 24.1. The molecule has 180 valence electrons. The molecule has 0 saturated carbocycles. The third kappa shape index (κ3) is 5.53. The van der Waals surface area contributed by atoms with E-state index in [1.807, 2.05) is 13.0 Å². The Kier molecular flexibility index (Phi) is 7.43. The lowest BCUT2D eigenvalue weighted by Gasteiger charge is -2.20. The lowest BCUT2D eigenvalue weighted by atomic mass is 10.1. The Labute approximate surface area is 199 Å². The maximum atomic E-state index is 12.9. The summed E-state index contributed by atoms with van der Waals surface area (Å²) in [6.45, 7) is 2.88. The number of rotatable bonds is 7. The Morgan fingerprint density at radius 3 is 2.47 bits per heavy atom. The van der Waals surface area contributed by atoms with Crippen LogP contribution in [0, 0.1) is 6.92 Å². The first-order valence-corrected chi connectivity index (χ1v) is 13.0. The van der Waals surface area contributed by atoms with Gasteiger partial charge in [-0.1, -0.05) is 37.1 Å².